The van der Waals surface area contributed by atoms with E-state index >= 15 is 0 Å². The average Bonchev–Trinajstić information content (AvgIpc) is 3.42. The molecule has 8 heteroatoms. The van der Waals surface area contributed by atoms with Crippen LogP contribution in [0.2, 0.25) is 0 Å². The Morgan fingerprint density at radius 3 is 2.37 bits per heavy atom. The summed E-state index contributed by atoms with van der Waals surface area (Å²) >= 11 is 0. The zero-order chi connectivity index (χ0) is 37.2. The summed E-state index contributed by atoms with van der Waals surface area (Å²) in [6.07, 6.45) is 9.58. The van der Waals surface area contributed by atoms with Gasteiger partial charge in [-0.2, -0.15) is 0 Å². The Hall–Kier alpha value is -4.04. The Morgan fingerprint density at radius 2 is 1.65 bits per heavy atom. The molecule has 4 N–H and O–H groups in total. The van der Waals surface area contributed by atoms with E-state index in [1.165, 1.54) is 19.8 Å². The molecule has 2 saturated heterocycles. The van der Waals surface area contributed by atoms with Crippen molar-refractivity contribution < 1.29 is 39.4 Å². The fourth-order valence-corrected chi connectivity index (χ4v) is 9.75. The first-order valence-corrected chi connectivity index (χ1v) is 18.4. The number of hydrogen-bond donors (Lipinski definition) is 4. The van der Waals surface area contributed by atoms with Gasteiger partial charge in [0.15, 0.2) is 23.0 Å². The van der Waals surface area contributed by atoms with Gasteiger partial charge in [0.1, 0.15) is 17.8 Å². The van der Waals surface area contributed by atoms with Crippen LogP contribution in [-0.2, 0) is 9.47 Å². The zero-order valence-electron chi connectivity index (χ0n) is 31.1. The molecule has 8 nitrogen and oxygen atoms in total. The molecule has 9 unspecified atom stereocenters. The van der Waals surface area contributed by atoms with Crippen LogP contribution in [0.3, 0.4) is 0 Å². The van der Waals surface area contributed by atoms with Gasteiger partial charge in [-0.3, -0.25) is 0 Å². The van der Waals surface area contributed by atoms with Crippen LogP contribution in [0.5, 0.6) is 23.0 Å². The Labute approximate surface area is 307 Å². The molecule has 0 bridgehead atoms. The summed E-state index contributed by atoms with van der Waals surface area (Å²) in [4.78, 5) is 0. The van der Waals surface area contributed by atoms with Gasteiger partial charge in [0, 0.05) is 10.8 Å². The van der Waals surface area contributed by atoms with Gasteiger partial charge in [-0.25, -0.2) is 0 Å². The lowest BCUT2D eigenvalue weighted by atomic mass is 9.50. The summed E-state index contributed by atoms with van der Waals surface area (Å²) in [6.45, 7) is 13.1. The zero-order valence-corrected chi connectivity index (χ0v) is 31.1. The van der Waals surface area contributed by atoms with Crippen LogP contribution in [-0.4, -0.2) is 58.6 Å². The van der Waals surface area contributed by atoms with Crippen molar-refractivity contribution >= 4 is 0 Å². The number of hydrogen-bond acceptors (Lipinski definition) is 8. The maximum Gasteiger partial charge on any atom is 0.160 e. The number of aliphatic hydroxyl groups excluding tert-OH is 1. The van der Waals surface area contributed by atoms with Crippen molar-refractivity contribution in [1.29, 1.82) is 0 Å². The standard InChI is InChI=1S/C44H52O8/c1-25-8-10-30(19-26(2)18-25)39-28(4)43(40(52-39)31-12-15-36(49-6)35(47)22-31)16-17-44(48)41(32-11-14-34(46)37(23-32)50-7)51-38(42(44,5)24-43)21-29-9-13-33(45)27(3)20-29/h8,10-12,14-15,19,21-23,27,33,38-41,45-48H,4,9,13,16-17,20,24H2,1-3,5-7H3. The van der Waals surface area contributed by atoms with Crippen LogP contribution >= 0.6 is 0 Å². The van der Waals surface area contributed by atoms with Gasteiger partial charge in [-0.1, -0.05) is 56.4 Å². The minimum absolute atomic E-state index is 0.0170. The molecule has 276 valence electrons. The number of benzene rings is 2. The maximum atomic E-state index is 13.2. The van der Waals surface area contributed by atoms with E-state index in [1.54, 1.807) is 30.3 Å². The number of methoxy groups -OCH3 is 2. The average molecular weight is 709 g/mol. The van der Waals surface area contributed by atoms with Crippen LogP contribution in [0.15, 0.2) is 101 Å². The maximum absolute atomic E-state index is 13.2. The predicted octanol–water partition coefficient (Wildman–Crippen LogP) is 8.25. The molecule has 0 radical (unpaired) electrons. The molecule has 2 heterocycles. The van der Waals surface area contributed by atoms with Gasteiger partial charge >= 0.3 is 0 Å². The lowest BCUT2D eigenvalue weighted by molar-refractivity contribution is -0.141. The first-order valence-electron chi connectivity index (χ1n) is 18.4. The van der Waals surface area contributed by atoms with Gasteiger partial charge in [0.05, 0.1) is 32.5 Å². The second kappa shape index (κ2) is 13.4. The largest absolute Gasteiger partial charge is 0.504 e. The summed E-state index contributed by atoms with van der Waals surface area (Å²) in [5, 5.41) is 45.2. The molecule has 2 aromatic carbocycles. The minimum atomic E-state index is -1.31. The number of phenols is 2. The van der Waals surface area contributed by atoms with E-state index in [9.17, 15) is 20.4 Å². The number of phenolic OH excluding ortho intramolecular Hbond substituents is 2. The van der Waals surface area contributed by atoms with Crippen LogP contribution in [0.1, 0.15) is 89.6 Å². The van der Waals surface area contributed by atoms with Crippen molar-refractivity contribution in [3.8, 4) is 23.0 Å². The summed E-state index contributed by atoms with van der Waals surface area (Å²) in [6, 6.07) is 10.6. The molecule has 2 aromatic rings. The van der Waals surface area contributed by atoms with E-state index in [0.717, 1.165) is 46.3 Å². The summed E-state index contributed by atoms with van der Waals surface area (Å²) in [5.41, 5.74) is 7.28. The molecule has 2 aliphatic heterocycles. The first-order chi connectivity index (χ1) is 24.7. The SMILES string of the molecule is C=C1C(C2=CC(C)=C=C(C)C=C2)OC(c2ccc(OC)c(O)c2)C12CCC1(O)C(c3ccc(O)c(OC)c3)OC(C=C3CCC(O)C(C)C3)C1(C)C2. The summed E-state index contributed by atoms with van der Waals surface area (Å²) in [7, 11) is 3.04. The van der Waals surface area contributed by atoms with Crippen LogP contribution in [0, 0.1) is 16.7 Å². The number of fused-ring (bicyclic) bond motifs is 1. The second-order valence-corrected chi connectivity index (χ2v) is 16.0. The van der Waals surface area contributed by atoms with E-state index in [1.807, 2.05) is 26.0 Å². The van der Waals surface area contributed by atoms with Gasteiger partial charge in [0.2, 0.25) is 0 Å². The number of allylic oxidation sites excluding steroid dienone is 4. The monoisotopic (exact) mass is 708 g/mol. The molecular weight excluding hydrogens is 656 g/mol. The van der Waals surface area contributed by atoms with Crippen molar-refractivity contribution in [3.63, 3.8) is 0 Å². The van der Waals surface area contributed by atoms with Gasteiger partial charge in [-0.05, 0) is 122 Å². The Balaban J connectivity index is 1.36. The fourth-order valence-electron chi connectivity index (χ4n) is 9.75. The third-order valence-electron chi connectivity index (χ3n) is 12.7. The molecule has 3 aliphatic carbocycles. The van der Waals surface area contributed by atoms with E-state index in [0.29, 0.717) is 37.2 Å². The quantitative estimate of drug-likeness (QED) is 0.175. The minimum Gasteiger partial charge on any atom is -0.504 e. The topological polar surface area (TPSA) is 118 Å². The normalized spacial score (nSPS) is 36.7. The third-order valence-corrected chi connectivity index (χ3v) is 12.7. The van der Waals surface area contributed by atoms with Crippen molar-refractivity contribution in [2.45, 2.75) is 102 Å². The highest BCUT2D eigenvalue weighted by Gasteiger charge is 2.70. The second-order valence-electron chi connectivity index (χ2n) is 16.0. The Kier molecular flexibility index (Phi) is 9.38. The molecule has 0 aromatic heterocycles. The number of ether oxygens (including phenoxy) is 4. The molecule has 7 rings (SSSR count). The smallest absolute Gasteiger partial charge is 0.160 e. The van der Waals surface area contributed by atoms with E-state index < -0.39 is 40.8 Å². The lowest BCUT2D eigenvalue weighted by Crippen LogP contribution is -2.56. The van der Waals surface area contributed by atoms with E-state index in [2.05, 4.69) is 37.8 Å². The van der Waals surface area contributed by atoms with E-state index in [-0.39, 0.29) is 23.5 Å². The fraction of sp³-hybridized carbons (Fsp3) is 0.477. The summed E-state index contributed by atoms with van der Waals surface area (Å²) in [5.74, 6) is 0.857. The Morgan fingerprint density at radius 1 is 0.923 bits per heavy atom. The van der Waals surface area contributed by atoms with Crippen LogP contribution in [0.25, 0.3) is 0 Å². The molecule has 52 heavy (non-hydrogen) atoms. The van der Waals surface area contributed by atoms with Gasteiger partial charge in [0.25, 0.3) is 0 Å². The highest BCUT2D eigenvalue weighted by Crippen LogP contribution is 2.71. The van der Waals surface area contributed by atoms with Crippen LogP contribution in [0.4, 0.5) is 0 Å². The number of aliphatic hydroxyl groups is 2. The molecule has 4 fully saturated rings. The molecule has 9 atom stereocenters. The van der Waals surface area contributed by atoms with E-state index in [4.69, 9.17) is 25.5 Å². The van der Waals surface area contributed by atoms with Gasteiger partial charge in [-0.15, -0.1) is 5.73 Å². The first kappa shape index (κ1) is 36.3. The third kappa shape index (κ3) is 5.86. The molecular formula is C44H52O8. The van der Waals surface area contributed by atoms with Crippen molar-refractivity contribution in [2.75, 3.05) is 14.2 Å². The highest BCUT2D eigenvalue weighted by molar-refractivity contribution is 5.50. The molecule has 2 saturated carbocycles. The predicted molar refractivity (Wildman–Crippen MR) is 199 cm³/mol. The molecule has 0 amide bonds. The number of aromatic hydroxyl groups is 2. The molecule has 1 spiro atoms. The van der Waals surface area contributed by atoms with Gasteiger partial charge < -0.3 is 39.4 Å². The van der Waals surface area contributed by atoms with Crippen molar-refractivity contribution in [2.24, 2.45) is 16.7 Å². The summed E-state index contributed by atoms with van der Waals surface area (Å²) < 4.78 is 25.0. The number of rotatable bonds is 6. The Bertz CT molecular complexity index is 1930. The van der Waals surface area contributed by atoms with Crippen LogP contribution < -0.4 is 9.47 Å². The van der Waals surface area contributed by atoms with Crippen molar-refractivity contribution in [1.82, 2.24) is 0 Å². The lowest BCUT2D eigenvalue weighted by Gasteiger charge is -2.54. The van der Waals surface area contributed by atoms with Crippen molar-refractivity contribution in [3.05, 3.63) is 112 Å². The highest BCUT2D eigenvalue weighted by atomic mass is 16.5. The molecule has 5 aliphatic rings.